The molecule has 1 fully saturated rings. The van der Waals surface area contributed by atoms with Crippen LogP contribution in [0.15, 0.2) is 36.9 Å². The largest absolute Gasteiger partial charge is 0.332 e. The molecule has 6 nitrogen and oxygen atoms in total. The topological polar surface area (TPSA) is 60.9 Å². The summed E-state index contributed by atoms with van der Waals surface area (Å²) in [6.07, 6.45) is 1.24. The molecule has 1 aromatic rings. The summed E-state index contributed by atoms with van der Waals surface area (Å²) in [7, 11) is 1.65. The molecule has 140 valence electrons. The van der Waals surface area contributed by atoms with Gasteiger partial charge in [0.25, 0.3) is 5.91 Å². The van der Waals surface area contributed by atoms with Gasteiger partial charge >= 0.3 is 0 Å². The average Bonchev–Trinajstić information content (AvgIpc) is 2.58. The van der Waals surface area contributed by atoms with E-state index in [2.05, 4.69) is 6.58 Å². The van der Waals surface area contributed by atoms with Crippen LogP contribution in [0.4, 0.5) is 5.69 Å². The van der Waals surface area contributed by atoms with Gasteiger partial charge in [-0.3, -0.25) is 14.4 Å². The van der Waals surface area contributed by atoms with Crippen molar-refractivity contribution < 1.29 is 14.4 Å². The molecule has 3 amide bonds. The Hall–Kier alpha value is -2.63. The molecule has 1 aliphatic rings. The van der Waals surface area contributed by atoms with Crippen LogP contribution in [0.2, 0.25) is 0 Å². The molecular weight excluding hydrogens is 330 g/mol. The molecule has 0 bridgehead atoms. The lowest BCUT2D eigenvalue weighted by molar-refractivity contribution is -0.146. The Kier molecular flexibility index (Phi) is 5.54. The number of likely N-dealkylation sites (N-methyl/N-ethyl adjacent to an activating group) is 1. The van der Waals surface area contributed by atoms with Crippen LogP contribution in [0.5, 0.6) is 0 Å². The van der Waals surface area contributed by atoms with E-state index >= 15 is 0 Å². The van der Waals surface area contributed by atoms with Gasteiger partial charge in [-0.1, -0.05) is 6.58 Å². The van der Waals surface area contributed by atoms with Crippen LogP contribution in [0.1, 0.15) is 38.1 Å². The molecule has 0 N–H and O–H groups in total. The normalized spacial score (nSPS) is 16.6. The van der Waals surface area contributed by atoms with E-state index in [0.717, 1.165) is 0 Å². The predicted octanol–water partition coefficient (Wildman–Crippen LogP) is 2.31. The Morgan fingerprint density at radius 2 is 1.81 bits per heavy atom. The van der Waals surface area contributed by atoms with Gasteiger partial charge in [-0.15, -0.1) is 0 Å². The van der Waals surface area contributed by atoms with Crippen LogP contribution in [-0.4, -0.2) is 59.2 Å². The van der Waals surface area contributed by atoms with Crippen molar-refractivity contribution in [3.63, 3.8) is 0 Å². The number of hydrogen-bond acceptors (Lipinski definition) is 3. The Morgan fingerprint density at radius 1 is 1.23 bits per heavy atom. The molecule has 0 unspecified atom stereocenters. The van der Waals surface area contributed by atoms with E-state index in [1.807, 2.05) is 32.6 Å². The lowest BCUT2D eigenvalue weighted by Gasteiger charge is -2.48. The number of nitrogens with zero attached hydrogens (tertiary/aromatic N) is 3. The quantitative estimate of drug-likeness (QED) is 0.777. The molecule has 6 heteroatoms. The third-order valence-corrected chi connectivity index (χ3v) is 4.64. The van der Waals surface area contributed by atoms with Gasteiger partial charge in [0.05, 0.1) is 5.54 Å². The Bertz CT molecular complexity index is 722. The lowest BCUT2D eigenvalue weighted by atomic mass is 9.96. The average molecular weight is 357 g/mol. The number of amides is 3. The van der Waals surface area contributed by atoms with Crippen molar-refractivity contribution in [1.29, 1.82) is 0 Å². The number of carbonyl (C=O) groups excluding carboxylic acids is 3. The van der Waals surface area contributed by atoms with Gasteiger partial charge in [0, 0.05) is 30.9 Å². The highest BCUT2D eigenvalue weighted by atomic mass is 16.2. The standard InChI is InChI=1S/C20H27N3O3/c1-7-17(24)21(6)16-10-8-15(9-11-16)19(26)22-12-18(25)23(14(2)3)20(4,5)13-22/h7-11,14H,1,12-13H2,2-6H3. The molecule has 0 atom stereocenters. The minimum atomic E-state index is -0.421. The fraction of sp³-hybridized carbons (Fsp3) is 0.450. The van der Waals surface area contributed by atoms with E-state index in [4.69, 9.17) is 0 Å². The van der Waals surface area contributed by atoms with Crippen LogP contribution >= 0.6 is 0 Å². The summed E-state index contributed by atoms with van der Waals surface area (Å²) in [5, 5.41) is 0. The minimum Gasteiger partial charge on any atom is -0.332 e. The van der Waals surface area contributed by atoms with Crippen molar-refractivity contribution in [3.8, 4) is 0 Å². The van der Waals surface area contributed by atoms with Gasteiger partial charge in [0.2, 0.25) is 11.8 Å². The Labute approximate surface area is 155 Å². The van der Waals surface area contributed by atoms with Crippen LogP contribution < -0.4 is 4.90 Å². The first-order chi connectivity index (χ1) is 12.1. The van der Waals surface area contributed by atoms with Crippen molar-refractivity contribution in [2.24, 2.45) is 0 Å². The molecule has 2 rings (SSSR count). The van der Waals surface area contributed by atoms with Crippen molar-refractivity contribution >= 4 is 23.4 Å². The van der Waals surface area contributed by atoms with E-state index in [1.165, 1.54) is 11.0 Å². The van der Waals surface area contributed by atoms with Crippen molar-refractivity contribution in [1.82, 2.24) is 9.80 Å². The molecule has 0 aliphatic carbocycles. The molecule has 1 aliphatic heterocycles. The second-order valence-electron chi connectivity index (χ2n) is 7.48. The maximum atomic E-state index is 12.8. The molecule has 0 spiro atoms. The summed E-state index contributed by atoms with van der Waals surface area (Å²) < 4.78 is 0. The molecule has 26 heavy (non-hydrogen) atoms. The van der Waals surface area contributed by atoms with Crippen molar-refractivity contribution in [3.05, 3.63) is 42.5 Å². The minimum absolute atomic E-state index is 0.0440. The van der Waals surface area contributed by atoms with E-state index in [9.17, 15) is 14.4 Å². The third kappa shape index (κ3) is 3.79. The summed E-state index contributed by atoms with van der Waals surface area (Å²) in [6, 6.07) is 6.87. The Morgan fingerprint density at radius 3 is 2.27 bits per heavy atom. The fourth-order valence-corrected chi connectivity index (χ4v) is 3.58. The zero-order chi connectivity index (χ0) is 19.6. The summed E-state index contributed by atoms with van der Waals surface area (Å²) in [5.74, 6) is -0.446. The zero-order valence-corrected chi connectivity index (χ0v) is 16.2. The maximum absolute atomic E-state index is 12.8. The van der Waals surface area contributed by atoms with Gasteiger partial charge in [-0.2, -0.15) is 0 Å². The number of anilines is 1. The van der Waals surface area contributed by atoms with Gasteiger partial charge in [0.1, 0.15) is 6.54 Å². The molecule has 0 saturated carbocycles. The first-order valence-electron chi connectivity index (χ1n) is 8.70. The zero-order valence-electron chi connectivity index (χ0n) is 16.2. The number of benzene rings is 1. The highest BCUT2D eigenvalue weighted by Crippen LogP contribution is 2.26. The van der Waals surface area contributed by atoms with E-state index in [0.29, 0.717) is 17.8 Å². The number of carbonyl (C=O) groups is 3. The number of rotatable bonds is 4. The molecule has 0 aromatic heterocycles. The first kappa shape index (κ1) is 19.7. The van der Waals surface area contributed by atoms with Crippen LogP contribution in [0.25, 0.3) is 0 Å². The first-order valence-corrected chi connectivity index (χ1v) is 8.70. The van der Waals surface area contributed by atoms with Crippen molar-refractivity contribution in [2.75, 3.05) is 25.0 Å². The summed E-state index contributed by atoms with van der Waals surface area (Å²) in [5.41, 5.74) is 0.748. The fourth-order valence-electron chi connectivity index (χ4n) is 3.58. The van der Waals surface area contributed by atoms with E-state index < -0.39 is 5.54 Å². The number of hydrogen-bond donors (Lipinski definition) is 0. The SMILES string of the molecule is C=CC(=O)N(C)c1ccc(C(=O)N2CC(=O)N(C(C)C)C(C)(C)C2)cc1. The highest BCUT2D eigenvalue weighted by Gasteiger charge is 2.41. The van der Waals surface area contributed by atoms with Gasteiger partial charge in [-0.05, 0) is 58.0 Å². The predicted molar refractivity (Wildman–Crippen MR) is 102 cm³/mol. The smallest absolute Gasteiger partial charge is 0.254 e. The van der Waals surface area contributed by atoms with E-state index in [1.54, 1.807) is 36.2 Å². The molecule has 0 radical (unpaired) electrons. The summed E-state index contributed by atoms with van der Waals surface area (Å²) >= 11 is 0. The maximum Gasteiger partial charge on any atom is 0.254 e. The summed E-state index contributed by atoms with van der Waals surface area (Å²) in [6.45, 7) is 11.9. The van der Waals surface area contributed by atoms with E-state index in [-0.39, 0.29) is 30.3 Å². The molecule has 1 heterocycles. The highest BCUT2D eigenvalue weighted by molar-refractivity contribution is 6.01. The van der Waals surface area contributed by atoms with Crippen LogP contribution in [-0.2, 0) is 9.59 Å². The summed E-state index contributed by atoms with van der Waals surface area (Å²) in [4.78, 5) is 41.9. The second kappa shape index (κ2) is 7.32. The molecule has 1 aromatic carbocycles. The Balaban J connectivity index is 2.18. The van der Waals surface area contributed by atoms with Crippen LogP contribution in [0.3, 0.4) is 0 Å². The van der Waals surface area contributed by atoms with Gasteiger partial charge in [0.15, 0.2) is 0 Å². The molecular formula is C20H27N3O3. The number of piperazine rings is 1. The monoisotopic (exact) mass is 357 g/mol. The third-order valence-electron chi connectivity index (χ3n) is 4.64. The van der Waals surface area contributed by atoms with Gasteiger partial charge in [-0.25, -0.2) is 0 Å². The lowest BCUT2D eigenvalue weighted by Crippen LogP contribution is -2.64. The van der Waals surface area contributed by atoms with Crippen LogP contribution in [0, 0.1) is 0 Å². The second-order valence-corrected chi connectivity index (χ2v) is 7.48. The molecule has 1 saturated heterocycles. The van der Waals surface area contributed by atoms with Gasteiger partial charge < -0.3 is 14.7 Å². The van der Waals surface area contributed by atoms with Crippen molar-refractivity contribution in [2.45, 2.75) is 39.3 Å².